The molecule has 3 aliphatic heterocycles. The van der Waals surface area contributed by atoms with Crippen LogP contribution in [-0.4, -0.2) is 102 Å². The van der Waals surface area contributed by atoms with Crippen molar-refractivity contribution in [2.45, 2.75) is 75.9 Å². The van der Waals surface area contributed by atoms with Crippen molar-refractivity contribution in [2.24, 2.45) is 11.8 Å². The highest BCUT2D eigenvalue weighted by Crippen LogP contribution is 2.65. The molecule has 1 spiro atoms. The number of carbonyl (C=O) groups excluding carboxylic acids is 3. The van der Waals surface area contributed by atoms with Crippen molar-refractivity contribution < 1.29 is 24.2 Å². The molecule has 3 aliphatic rings. The van der Waals surface area contributed by atoms with Gasteiger partial charge in [-0.1, -0.05) is 73.7 Å². The molecule has 2 bridgehead atoms. The van der Waals surface area contributed by atoms with E-state index in [0.717, 1.165) is 17.5 Å². The normalized spacial score (nSPS) is 26.4. The lowest BCUT2D eigenvalue weighted by Crippen LogP contribution is -2.59. The molecule has 6 atom stereocenters. The molecule has 3 saturated heterocycles. The van der Waals surface area contributed by atoms with Gasteiger partial charge in [-0.3, -0.25) is 14.4 Å². The van der Waals surface area contributed by atoms with Crippen LogP contribution in [-0.2, 0) is 32.2 Å². The molecule has 2 aromatic carbocycles. The number of benzene rings is 2. The molecule has 48 heavy (non-hydrogen) atoms. The summed E-state index contributed by atoms with van der Waals surface area (Å²) in [4.78, 5) is 49.5. The first kappa shape index (κ1) is 33.5. The molecule has 0 aliphatic carbocycles. The Balaban J connectivity index is 1.45. The first-order valence-electron chi connectivity index (χ1n) is 17.0. The predicted molar refractivity (Wildman–Crippen MR) is 181 cm³/mol. The number of aliphatic hydroxyl groups is 1. The van der Waals surface area contributed by atoms with Crippen LogP contribution in [0.25, 0.3) is 11.0 Å². The van der Waals surface area contributed by atoms with E-state index >= 15 is 4.79 Å². The maximum atomic E-state index is 15.1. The van der Waals surface area contributed by atoms with Gasteiger partial charge in [0, 0.05) is 19.6 Å². The molecule has 3 amide bonds. The van der Waals surface area contributed by atoms with Crippen molar-refractivity contribution in [2.75, 3.05) is 26.2 Å². The number of aromatic nitrogens is 3. The van der Waals surface area contributed by atoms with Crippen LogP contribution in [0.15, 0.2) is 79.9 Å². The molecule has 0 radical (unpaired) electrons. The number of rotatable bonds is 15. The van der Waals surface area contributed by atoms with E-state index in [2.05, 4.69) is 23.5 Å². The van der Waals surface area contributed by atoms with Gasteiger partial charge in [0.1, 0.15) is 23.8 Å². The molecule has 1 aromatic heterocycles. The summed E-state index contributed by atoms with van der Waals surface area (Å²) in [5.41, 5.74) is 0.256. The third-order valence-corrected chi connectivity index (χ3v) is 10.6. The van der Waals surface area contributed by atoms with Crippen molar-refractivity contribution in [3.05, 3.63) is 85.5 Å². The summed E-state index contributed by atoms with van der Waals surface area (Å²) in [6.07, 6.45) is 5.95. The molecule has 4 heterocycles. The van der Waals surface area contributed by atoms with Crippen molar-refractivity contribution >= 4 is 28.8 Å². The second-order valence-corrected chi connectivity index (χ2v) is 13.2. The summed E-state index contributed by atoms with van der Waals surface area (Å²) < 4.78 is 8.71. The Morgan fingerprint density at radius 3 is 2.44 bits per heavy atom. The minimum atomic E-state index is -1.25. The summed E-state index contributed by atoms with van der Waals surface area (Å²) in [6.45, 7) is 12.5. The van der Waals surface area contributed by atoms with Crippen molar-refractivity contribution in [3.63, 3.8) is 0 Å². The first-order valence-corrected chi connectivity index (χ1v) is 17.0. The lowest BCUT2D eigenvalue weighted by Gasteiger charge is -2.39. The van der Waals surface area contributed by atoms with E-state index in [1.165, 1.54) is 0 Å². The highest BCUT2D eigenvalue weighted by atomic mass is 16.5. The van der Waals surface area contributed by atoms with E-state index < -0.39 is 35.1 Å². The van der Waals surface area contributed by atoms with Gasteiger partial charge in [-0.05, 0) is 49.8 Å². The molecular formula is C37H46N6O5. The van der Waals surface area contributed by atoms with Crippen molar-refractivity contribution in [3.8, 4) is 0 Å². The second-order valence-electron chi connectivity index (χ2n) is 13.2. The zero-order valence-electron chi connectivity index (χ0n) is 27.9. The van der Waals surface area contributed by atoms with Gasteiger partial charge in [-0.25, -0.2) is 4.68 Å². The highest BCUT2D eigenvalue weighted by molar-refractivity contribution is 5.99. The number of hydrogen-bond donors (Lipinski definition) is 1. The number of carbonyl (C=O) groups is 3. The average Bonchev–Trinajstić information content (AvgIpc) is 3.84. The fourth-order valence-electron chi connectivity index (χ4n) is 8.48. The van der Waals surface area contributed by atoms with Crippen molar-refractivity contribution in [1.82, 2.24) is 29.7 Å². The van der Waals surface area contributed by atoms with Gasteiger partial charge in [-0.2, -0.15) is 0 Å². The quantitative estimate of drug-likeness (QED) is 0.249. The number of hydrogen-bond acceptors (Lipinski definition) is 7. The number of amides is 3. The maximum absolute atomic E-state index is 15.1. The van der Waals surface area contributed by atoms with E-state index in [4.69, 9.17) is 4.74 Å². The van der Waals surface area contributed by atoms with Crippen LogP contribution < -0.4 is 0 Å². The molecule has 254 valence electrons. The standard InChI is InChI=1S/C37H46N6O5/c1-5-20-40(21-6-2)33(45)30-31-34(46)43(27(24-44)23-26-14-10-9-11-15-26)32(37(31)19-18-36(30,8-4)48-37)35(47)41(22-7-3)25-42-29-17-13-12-16-28(29)38-39-42/h5,7,9-17,27,30-32,44H,1,3,6,8,18-25H2,2,4H3/t27-,30+,31+,32?,36-,37?/m1/s1. The fourth-order valence-corrected chi connectivity index (χ4v) is 8.48. The Hall–Kier alpha value is -4.35. The maximum Gasteiger partial charge on any atom is 0.250 e. The third kappa shape index (κ3) is 5.42. The summed E-state index contributed by atoms with van der Waals surface area (Å²) >= 11 is 0. The number of ether oxygens (including phenoxy) is 1. The van der Waals surface area contributed by atoms with Crippen LogP contribution in [0.5, 0.6) is 0 Å². The molecule has 6 rings (SSSR count). The average molecular weight is 655 g/mol. The summed E-state index contributed by atoms with van der Waals surface area (Å²) in [5, 5.41) is 19.5. The Bertz CT molecular complexity index is 1680. The summed E-state index contributed by atoms with van der Waals surface area (Å²) in [6, 6.07) is 15.3. The van der Waals surface area contributed by atoms with Gasteiger partial charge < -0.3 is 24.5 Å². The lowest BCUT2D eigenvalue weighted by molar-refractivity contribution is -0.158. The van der Waals surface area contributed by atoms with Crippen LogP contribution in [0.4, 0.5) is 0 Å². The van der Waals surface area contributed by atoms with E-state index in [1.807, 2.05) is 68.4 Å². The number of aliphatic hydroxyl groups excluding tert-OH is 1. The van der Waals surface area contributed by atoms with Gasteiger partial charge in [-0.15, -0.1) is 18.3 Å². The van der Waals surface area contributed by atoms with E-state index in [-0.39, 0.29) is 37.5 Å². The smallest absolute Gasteiger partial charge is 0.250 e. The number of likely N-dealkylation sites (tertiary alicyclic amines) is 1. The van der Waals surface area contributed by atoms with Crippen molar-refractivity contribution in [1.29, 1.82) is 0 Å². The monoisotopic (exact) mass is 654 g/mol. The molecular weight excluding hydrogens is 608 g/mol. The molecule has 3 fully saturated rings. The van der Waals surface area contributed by atoms with Gasteiger partial charge in [0.2, 0.25) is 17.7 Å². The van der Waals surface area contributed by atoms with E-state index in [9.17, 15) is 14.7 Å². The zero-order valence-corrected chi connectivity index (χ0v) is 27.9. The molecule has 11 heteroatoms. The minimum absolute atomic E-state index is 0.0675. The number of fused-ring (bicyclic) bond motifs is 2. The van der Waals surface area contributed by atoms with Gasteiger partial charge in [0.25, 0.3) is 0 Å². The second kappa shape index (κ2) is 13.6. The fraction of sp³-hybridized carbons (Fsp3) is 0.486. The van der Waals surface area contributed by atoms with Crippen LogP contribution in [0, 0.1) is 11.8 Å². The van der Waals surface area contributed by atoms with E-state index in [1.54, 1.807) is 31.5 Å². The molecule has 3 aromatic rings. The Morgan fingerprint density at radius 2 is 1.75 bits per heavy atom. The van der Waals surface area contributed by atoms with Crippen LogP contribution >= 0.6 is 0 Å². The van der Waals surface area contributed by atoms with Gasteiger partial charge >= 0.3 is 0 Å². The molecule has 2 unspecified atom stereocenters. The SMILES string of the molecule is C=CCN(Cn1nnc2ccccc21)C(=O)C1N([C@@H](CO)Cc2ccccc2)C(=O)[C@@H]2[C@@H](C(=O)N(CC=C)CCC)[C@@]3(CC)CCC12O3. The predicted octanol–water partition coefficient (Wildman–Crippen LogP) is 3.59. The summed E-state index contributed by atoms with van der Waals surface area (Å²) in [7, 11) is 0. The largest absolute Gasteiger partial charge is 0.394 e. The van der Waals surface area contributed by atoms with Gasteiger partial charge in [0.05, 0.1) is 35.6 Å². The topological polar surface area (TPSA) is 121 Å². The molecule has 0 saturated carbocycles. The van der Waals surface area contributed by atoms with Crippen LogP contribution in [0.1, 0.15) is 45.1 Å². The van der Waals surface area contributed by atoms with Crippen LogP contribution in [0.2, 0.25) is 0 Å². The van der Waals surface area contributed by atoms with Gasteiger partial charge in [0.15, 0.2) is 0 Å². The molecule has 1 N–H and O–H groups in total. The zero-order chi connectivity index (χ0) is 34.1. The Labute approximate surface area is 281 Å². The molecule has 11 nitrogen and oxygen atoms in total. The summed E-state index contributed by atoms with van der Waals surface area (Å²) in [5.74, 6) is -2.45. The van der Waals surface area contributed by atoms with Crippen LogP contribution in [0.3, 0.4) is 0 Å². The minimum Gasteiger partial charge on any atom is -0.394 e. The lowest BCUT2D eigenvalue weighted by atomic mass is 9.64. The highest BCUT2D eigenvalue weighted by Gasteiger charge is 2.79. The number of nitrogens with zero attached hydrogens (tertiary/aromatic N) is 6. The number of para-hydroxylation sites is 1. The Morgan fingerprint density at radius 1 is 1.04 bits per heavy atom. The Kier molecular flexibility index (Phi) is 9.53. The third-order valence-electron chi connectivity index (χ3n) is 10.6. The van der Waals surface area contributed by atoms with E-state index in [0.29, 0.717) is 44.3 Å². The first-order chi connectivity index (χ1) is 23.3.